The number of alkyl halides is 2. The fourth-order valence-electron chi connectivity index (χ4n) is 3.64. The highest BCUT2D eigenvalue weighted by molar-refractivity contribution is 5.61. The Morgan fingerprint density at radius 3 is 2.73 bits per heavy atom. The van der Waals surface area contributed by atoms with E-state index in [0.29, 0.717) is 19.6 Å². The zero-order valence-electron chi connectivity index (χ0n) is 17.3. The number of hydrogen-bond donors (Lipinski definition) is 0. The lowest BCUT2D eigenvalue weighted by atomic mass is 10.1. The van der Waals surface area contributed by atoms with Gasteiger partial charge in [0, 0.05) is 61.6 Å². The fourth-order valence-corrected chi connectivity index (χ4v) is 3.64. The van der Waals surface area contributed by atoms with E-state index in [1.165, 1.54) is 0 Å². The Kier molecular flexibility index (Phi) is 5.81. The predicted octanol–water partition coefficient (Wildman–Crippen LogP) is 4.54. The maximum atomic E-state index is 13.1. The van der Waals surface area contributed by atoms with Crippen molar-refractivity contribution in [3.63, 3.8) is 0 Å². The van der Waals surface area contributed by atoms with Crippen LogP contribution in [0.15, 0.2) is 55.0 Å². The zero-order chi connectivity index (χ0) is 21.1. The van der Waals surface area contributed by atoms with Crippen LogP contribution in [0, 0.1) is 5.92 Å². The number of aromatic nitrogens is 3. The normalized spacial score (nSPS) is 17.3. The van der Waals surface area contributed by atoms with Crippen molar-refractivity contribution in [2.45, 2.75) is 31.9 Å². The molecular formula is C23H26F2N4O. The first kappa shape index (κ1) is 20.5. The van der Waals surface area contributed by atoms with Crippen LogP contribution in [0.2, 0.25) is 0 Å². The van der Waals surface area contributed by atoms with E-state index in [1.54, 1.807) is 10.9 Å². The molecule has 1 saturated carbocycles. The second-order valence-electron chi connectivity index (χ2n) is 8.03. The Morgan fingerprint density at radius 1 is 1.23 bits per heavy atom. The average molecular weight is 412 g/mol. The van der Waals surface area contributed by atoms with Crippen LogP contribution < -0.4 is 4.74 Å². The van der Waals surface area contributed by atoms with Gasteiger partial charge in [-0.1, -0.05) is 6.07 Å². The Balaban J connectivity index is 1.49. The summed E-state index contributed by atoms with van der Waals surface area (Å²) in [5.74, 6) is -2.31. The van der Waals surface area contributed by atoms with Gasteiger partial charge in [-0.05, 0) is 43.8 Å². The molecular weight excluding hydrogens is 386 g/mol. The second-order valence-corrected chi connectivity index (χ2v) is 8.03. The summed E-state index contributed by atoms with van der Waals surface area (Å²) in [4.78, 5) is 6.61. The van der Waals surface area contributed by atoms with Crippen molar-refractivity contribution in [2.24, 2.45) is 13.0 Å². The number of halogens is 2. The highest BCUT2D eigenvalue weighted by Crippen LogP contribution is 2.50. The minimum Gasteiger partial charge on any atom is -0.493 e. The van der Waals surface area contributed by atoms with E-state index in [4.69, 9.17) is 4.74 Å². The first-order valence-corrected chi connectivity index (χ1v) is 10.1. The molecule has 5 nitrogen and oxygen atoms in total. The van der Waals surface area contributed by atoms with Crippen LogP contribution >= 0.6 is 0 Å². The molecule has 0 saturated heterocycles. The minimum atomic E-state index is -2.50. The number of benzene rings is 1. The number of hydrogen-bond acceptors (Lipinski definition) is 4. The van der Waals surface area contributed by atoms with Crippen LogP contribution in [-0.2, 0) is 20.1 Å². The van der Waals surface area contributed by atoms with E-state index in [9.17, 15) is 8.78 Å². The molecule has 0 N–H and O–H groups in total. The number of rotatable bonds is 9. The Hall–Kier alpha value is -2.80. The van der Waals surface area contributed by atoms with Crippen molar-refractivity contribution in [1.29, 1.82) is 0 Å². The largest absolute Gasteiger partial charge is 0.493 e. The molecule has 0 amide bonds. The summed E-state index contributed by atoms with van der Waals surface area (Å²) in [5, 5.41) is 4.22. The molecule has 2 aromatic heterocycles. The van der Waals surface area contributed by atoms with Gasteiger partial charge in [-0.15, -0.1) is 0 Å². The Labute approximate surface area is 175 Å². The highest BCUT2D eigenvalue weighted by atomic mass is 19.3. The van der Waals surface area contributed by atoms with Gasteiger partial charge in [0.2, 0.25) is 0 Å². The van der Waals surface area contributed by atoms with Crippen LogP contribution in [0.25, 0.3) is 11.3 Å². The molecule has 1 fully saturated rings. The predicted molar refractivity (Wildman–Crippen MR) is 111 cm³/mol. The van der Waals surface area contributed by atoms with Crippen molar-refractivity contribution in [3.8, 4) is 17.0 Å². The average Bonchev–Trinajstić information content (AvgIpc) is 3.12. The van der Waals surface area contributed by atoms with Crippen molar-refractivity contribution >= 4 is 0 Å². The summed E-state index contributed by atoms with van der Waals surface area (Å²) in [5.41, 5.74) is 4.02. The first-order chi connectivity index (χ1) is 14.4. The first-order valence-electron chi connectivity index (χ1n) is 10.1. The number of aryl methyl sites for hydroxylation is 1. The van der Waals surface area contributed by atoms with E-state index in [1.807, 2.05) is 56.8 Å². The van der Waals surface area contributed by atoms with Crippen LogP contribution in [0.5, 0.6) is 5.75 Å². The third-order valence-electron chi connectivity index (χ3n) is 5.35. The number of nitrogens with zero attached hydrogens (tertiary/aromatic N) is 4. The van der Waals surface area contributed by atoms with Crippen molar-refractivity contribution in [3.05, 3.63) is 66.1 Å². The Bertz CT molecular complexity index is 990. The van der Waals surface area contributed by atoms with Gasteiger partial charge in [-0.2, -0.15) is 5.10 Å². The maximum absolute atomic E-state index is 13.1. The molecule has 1 aliphatic rings. The highest BCUT2D eigenvalue weighted by Gasteiger charge is 2.56. The molecule has 1 aliphatic carbocycles. The lowest BCUT2D eigenvalue weighted by Gasteiger charge is -2.19. The van der Waals surface area contributed by atoms with Gasteiger partial charge in [0.15, 0.2) is 0 Å². The van der Waals surface area contributed by atoms with Gasteiger partial charge in [0.05, 0.1) is 18.5 Å². The smallest absolute Gasteiger partial charge is 0.251 e. The van der Waals surface area contributed by atoms with Crippen molar-refractivity contribution in [1.82, 2.24) is 19.7 Å². The molecule has 7 heteroatoms. The van der Waals surface area contributed by atoms with Gasteiger partial charge in [-0.25, -0.2) is 8.78 Å². The molecule has 1 atom stereocenters. The van der Waals surface area contributed by atoms with Crippen LogP contribution in [-0.4, -0.2) is 39.2 Å². The molecule has 0 aliphatic heterocycles. The molecule has 158 valence electrons. The van der Waals surface area contributed by atoms with Gasteiger partial charge >= 0.3 is 0 Å². The fraction of sp³-hybridized carbons (Fsp3) is 0.391. The van der Waals surface area contributed by atoms with E-state index < -0.39 is 11.8 Å². The quantitative estimate of drug-likeness (QED) is 0.518. The maximum Gasteiger partial charge on any atom is 0.251 e. The van der Waals surface area contributed by atoms with E-state index in [-0.39, 0.29) is 6.42 Å². The topological polar surface area (TPSA) is 43.2 Å². The van der Waals surface area contributed by atoms with Crippen LogP contribution in [0.4, 0.5) is 8.78 Å². The van der Waals surface area contributed by atoms with Gasteiger partial charge in [0.25, 0.3) is 5.92 Å². The zero-order valence-corrected chi connectivity index (χ0v) is 17.3. The monoisotopic (exact) mass is 412 g/mol. The van der Waals surface area contributed by atoms with Gasteiger partial charge < -0.3 is 4.74 Å². The van der Waals surface area contributed by atoms with Crippen molar-refractivity contribution < 1.29 is 13.5 Å². The summed E-state index contributed by atoms with van der Waals surface area (Å²) in [6, 6.07) is 11.8. The molecule has 0 spiro atoms. The molecule has 30 heavy (non-hydrogen) atoms. The molecule has 1 aromatic carbocycles. The lowest BCUT2D eigenvalue weighted by molar-refractivity contribution is 0.0929. The summed E-state index contributed by atoms with van der Waals surface area (Å²) in [6.45, 7) is 1.70. The SMILES string of the molecule is CN(Cc1cnn(C)c1)Cc1cc(-c2ccccn2)ccc1OCCC1CC1(F)F. The molecule has 1 unspecified atom stereocenters. The Morgan fingerprint density at radius 2 is 2.07 bits per heavy atom. The third kappa shape index (κ3) is 5.02. The van der Waals surface area contributed by atoms with E-state index >= 15 is 0 Å². The molecule has 3 aromatic rings. The molecule has 4 rings (SSSR count). The van der Waals surface area contributed by atoms with Crippen LogP contribution in [0.1, 0.15) is 24.0 Å². The minimum absolute atomic E-state index is 0.0182. The summed E-state index contributed by atoms with van der Waals surface area (Å²) < 4.78 is 34.0. The van der Waals surface area contributed by atoms with Crippen molar-refractivity contribution in [2.75, 3.05) is 13.7 Å². The van der Waals surface area contributed by atoms with Gasteiger partial charge in [-0.3, -0.25) is 14.6 Å². The van der Waals surface area contributed by atoms with E-state index in [2.05, 4.69) is 21.0 Å². The third-order valence-corrected chi connectivity index (χ3v) is 5.35. The summed E-state index contributed by atoms with van der Waals surface area (Å²) in [7, 11) is 3.93. The lowest BCUT2D eigenvalue weighted by Crippen LogP contribution is -2.18. The standard InChI is InChI=1S/C23H26F2N4O/c1-28(14-17-13-27-29(2)15-17)16-19-11-18(21-5-3-4-9-26-21)6-7-22(19)30-10-8-20-12-23(20,24)25/h3-7,9,11,13,15,20H,8,10,12,14,16H2,1-2H3. The van der Waals surface area contributed by atoms with Crippen LogP contribution in [0.3, 0.4) is 0 Å². The molecule has 0 radical (unpaired) electrons. The second kappa shape index (κ2) is 8.52. The molecule has 0 bridgehead atoms. The van der Waals surface area contributed by atoms with Gasteiger partial charge in [0.1, 0.15) is 5.75 Å². The summed E-state index contributed by atoms with van der Waals surface area (Å²) >= 11 is 0. The molecule has 2 heterocycles. The van der Waals surface area contributed by atoms with E-state index in [0.717, 1.165) is 34.7 Å². The number of ether oxygens (including phenoxy) is 1. The number of pyridine rings is 1. The summed E-state index contributed by atoms with van der Waals surface area (Å²) in [6.07, 6.45) is 5.97.